The number of nitrogens with zero attached hydrogens (tertiary/aromatic N) is 6. The zero-order valence-electron chi connectivity index (χ0n) is 32.2. The maximum absolute atomic E-state index is 13.5. The normalized spacial score (nSPS) is 19.1. The van der Waals surface area contributed by atoms with Crippen molar-refractivity contribution in [2.45, 2.75) is 95.5 Å². The Hall–Kier alpha value is -4.92. The molecule has 0 spiro atoms. The number of aromatic nitrogens is 5. The predicted molar refractivity (Wildman–Crippen MR) is 210 cm³/mol. The number of nitrogens with one attached hydrogen (secondary N) is 2. The highest BCUT2D eigenvalue weighted by Gasteiger charge is 2.35. The van der Waals surface area contributed by atoms with Crippen LogP contribution < -0.4 is 20.9 Å². The number of fused-ring (bicyclic) bond motifs is 1. The van der Waals surface area contributed by atoms with Crippen LogP contribution in [0.25, 0.3) is 22.4 Å². The fourth-order valence-corrected chi connectivity index (χ4v) is 8.75. The molecular weight excluding hydrogens is 717 g/mol. The molecule has 2 fully saturated rings. The first-order chi connectivity index (χ1) is 25.7. The topological polar surface area (TPSA) is 192 Å². The van der Waals surface area contributed by atoms with Gasteiger partial charge in [0.25, 0.3) is 10.0 Å². The predicted octanol–water partition coefficient (Wildman–Crippen LogP) is 7.04. The van der Waals surface area contributed by atoms with Crippen LogP contribution in [0.1, 0.15) is 98.2 Å². The summed E-state index contributed by atoms with van der Waals surface area (Å²) in [6.45, 7) is 10.8. The van der Waals surface area contributed by atoms with Crippen molar-refractivity contribution >= 4 is 33.1 Å². The molecule has 3 unspecified atom stereocenters. The number of hydrogen-bond acceptors (Lipinski definition) is 9. The van der Waals surface area contributed by atoms with Crippen LogP contribution in [0.15, 0.2) is 65.7 Å². The van der Waals surface area contributed by atoms with E-state index in [4.69, 9.17) is 14.7 Å². The molecule has 3 aromatic heterocycles. The Morgan fingerprint density at radius 2 is 1.73 bits per heavy atom. The maximum Gasteiger partial charge on any atom is 0.335 e. The van der Waals surface area contributed by atoms with Gasteiger partial charge in [-0.1, -0.05) is 64.3 Å². The molecule has 3 N–H and O–H groups in total. The maximum atomic E-state index is 13.5. The number of benzene rings is 2. The molecular formula is C41H49N8O5S. The van der Waals surface area contributed by atoms with Gasteiger partial charge in [0, 0.05) is 42.0 Å². The minimum atomic E-state index is -4.25. The standard InChI is InChI=1S/C41H49N7O5S.N/c1-24-10-7-11-25(2)37(24)31-21-36(46-40(45-31)47-54(51,52)29-14-8-13-28(19-29)39(49)50)53-23-34-27(18-26-16-17-26)12-9-15-30(43-34)33-22-42-32-20-35(41(3,4)5)48(6)38(32)44-33;/h7-8,10-11,13-14,19-22,26-27,30,34,43H,9,12,15-18,23H2,1-6H3,(H,49,50)(H,45,46,47);. The lowest BCUT2D eigenvalue weighted by Gasteiger charge is -2.28. The Morgan fingerprint density at radius 3 is 2.42 bits per heavy atom. The van der Waals surface area contributed by atoms with Gasteiger partial charge in [-0.25, -0.2) is 27.9 Å². The van der Waals surface area contributed by atoms with E-state index in [0.717, 1.165) is 71.2 Å². The third-order valence-corrected chi connectivity index (χ3v) is 12.1. The van der Waals surface area contributed by atoms with Gasteiger partial charge in [0.05, 0.1) is 34.1 Å². The molecule has 1 aliphatic carbocycles. The van der Waals surface area contributed by atoms with E-state index in [1.165, 1.54) is 36.7 Å². The molecule has 0 bridgehead atoms. The molecule has 289 valence electrons. The third kappa shape index (κ3) is 8.82. The van der Waals surface area contributed by atoms with Gasteiger partial charge in [0.1, 0.15) is 12.1 Å². The molecule has 4 heterocycles. The van der Waals surface area contributed by atoms with E-state index in [1.54, 1.807) is 6.07 Å². The second-order valence-electron chi connectivity index (χ2n) is 16.0. The minimum absolute atomic E-state index is 0. The number of carboxylic acids is 1. The van der Waals surface area contributed by atoms with Crippen molar-refractivity contribution in [3.05, 3.63) is 88.9 Å². The van der Waals surface area contributed by atoms with Gasteiger partial charge in [-0.05, 0) is 80.3 Å². The van der Waals surface area contributed by atoms with Crippen molar-refractivity contribution in [3.8, 4) is 17.1 Å². The largest absolute Gasteiger partial charge is 0.478 e. The summed E-state index contributed by atoms with van der Waals surface area (Å²) in [5, 5.41) is 13.4. The van der Waals surface area contributed by atoms with Crippen LogP contribution in [-0.4, -0.2) is 56.6 Å². The molecule has 55 heavy (non-hydrogen) atoms. The summed E-state index contributed by atoms with van der Waals surface area (Å²) < 4.78 is 38.2. The van der Waals surface area contributed by atoms with E-state index in [9.17, 15) is 18.3 Å². The number of aryl methyl sites for hydroxylation is 3. The number of anilines is 1. The Morgan fingerprint density at radius 1 is 1.00 bits per heavy atom. The molecule has 2 aliphatic rings. The SMILES string of the molecule is Cc1cccc(C)c1-c1cc(OCC2NC(c3cnc4cc(C(C)(C)C)n(C)c4n3)CCCC2CC2CC2)nc(NS(=O)(=O)c2cccc(C(=O)O)c2)n1.[N]. The molecule has 1 saturated carbocycles. The summed E-state index contributed by atoms with van der Waals surface area (Å²) in [7, 11) is -2.19. The summed E-state index contributed by atoms with van der Waals surface area (Å²) in [5.74, 6) is -0.0738. The molecule has 7 rings (SSSR count). The van der Waals surface area contributed by atoms with Crippen molar-refractivity contribution < 1.29 is 23.1 Å². The van der Waals surface area contributed by atoms with Crippen LogP contribution in [0, 0.1) is 25.7 Å². The smallest absolute Gasteiger partial charge is 0.335 e. The lowest BCUT2D eigenvalue weighted by Crippen LogP contribution is -2.42. The molecule has 2 aromatic carbocycles. The molecule has 5 aromatic rings. The average molecular weight is 766 g/mol. The van der Waals surface area contributed by atoms with Crippen LogP contribution >= 0.6 is 0 Å². The van der Waals surface area contributed by atoms with Crippen LogP contribution in [-0.2, 0) is 22.5 Å². The number of carboxylic acid groups (broad SMARTS) is 1. The van der Waals surface area contributed by atoms with E-state index >= 15 is 0 Å². The first-order valence-electron chi connectivity index (χ1n) is 18.7. The van der Waals surface area contributed by atoms with Crippen molar-refractivity contribution in [1.29, 1.82) is 0 Å². The van der Waals surface area contributed by atoms with Crippen molar-refractivity contribution in [1.82, 2.24) is 36.0 Å². The molecule has 1 aliphatic heterocycles. The van der Waals surface area contributed by atoms with E-state index in [-0.39, 0.29) is 45.9 Å². The van der Waals surface area contributed by atoms with Crippen LogP contribution in [0.3, 0.4) is 0 Å². The lowest BCUT2D eigenvalue weighted by atomic mass is 9.90. The monoisotopic (exact) mass is 765 g/mol. The number of ether oxygens (including phenoxy) is 1. The zero-order valence-corrected chi connectivity index (χ0v) is 33.0. The van der Waals surface area contributed by atoms with E-state index in [1.807, 2.05) is 38.2 Å². The van der Waals surface area contributed by atoms with Crippen LogP contribution in [0.4, 0.5) is 5.95 Å². The van der Waals surface area contributed by atoms with Crippen molar-refractivity contribution in [2.75, 3.05) is 11.3 Å². The molecule has 13 nitrogen and oxygen atoms in total. The third-order valence-electron chi connectivity index (χ3n) is 10.7. The molecule has 1 saturated heterocycles. The van der Waals surface area contributed by atoms with Crippen LogP contribution in [0.5, 0.6) is 5.88 Å². The summed E-state index contributed by atoms with van der Waals surface area (Å²) >= 11 is 0. The fourth-order valence-electron chi connectivity index (χ4n) is 7.76. The summed E-state index contributed by atoms with van der Waals surface area (Å²) in [6.07, 6.45) is 8.55. The van der Waals surface area contributed by atoms with E-state index < -0.39 is 16.0 Å². The number of sulfonamides is 1. The van der Waals surface area contributed by atoms with Gasteiger partial charge < -0.3 is 19.7 Å². The number of carbonyl (C=O) groups is 1. The Balaban J connectivity index is 0.00000514. The zero-order chi connectivity index (χ0) is 38.4. The molecule has 3 atom stereocenters. The lowest BCUT2D eigenvalue weighted by molar-refractivity contribution is 0.0696. The fraction of sp³-hybridized carbons (Fsp3) is 0.439. The summed E-state index contributed by atoms with van der Waals surface area (Å²) in [4.78, 5) is 30.6. The first-order valence-corrected chi connectivity index (χ1v) is 20.2. The molecule has 14 heteroatoms. The van der Waals surface area contributed by atoms with E-state index in [0.29, 0.717) is 18.2 Å². The second-order valence-corrected chi connectivity index (χ2v) is 17.7. The Kier molecular flexibility index (Phi) is 11.3. The second kappa shape index (κ2) is 15.7. The molecule has 3 radical (unpaired) electrons. The Labute approximate surface area is 323 Å². The van der Waals surface area contributed by atoms with Crippen molar-refractivity contribution in [3.63, 3.8) is 0 Å². The van der Waals surface area contributed by atoms with Gasteiger partial charge in [-0.15, -0.1) is 0 Å². The Bertz CT molecular complexity index is 2300. The van der Waals surface area contributed by atoms with Gasteiger partial charge in [0.2, 0.25) is 11.8 Å². The molecule has 0 amide bonds. The van der Waals surface area contributed by atoms with Gasteiger partial charge >= 0.3 is 5.97 Å². The van der Waals surface area contributed by atoms with Gasteiger partial charge in [0.15, 0.2) is 5.65 Å². The highest BCUT2D eigenvalue weighted by molar-refractivity contribution is 7.92. The number of rotatable bonds is 11. The first kappa shape index (κ1) is 39.8. The number of hydrogen-bond donors (Lipinski definition) is 3. The summed E-state index contributed by atoms with van der Waals surface area (Å²) in [6, 6.07) is 14.9. The number of aromatic carboxylic acids is 1. The van der Waals surface area contributed by atoms with Gasteiger partial charge in [-0.2, -0.15) is 4.98 Å². The van der Waals surface area contributed by atoms with E-state index in [2.05, 4.69) is 58.5 Å². The van der Waals surface area contributed by atoms with Crippen molar-refractivity contribution in [2.24, 2.45) is 18.9 Å². The highest BCUT2D eigenvalue weighted by atomic mass is 32.2. The van der Waals surface area contributed by atoms with Gasteiger partial charge in [-0.3, -0.25) is 4.98 Å². The van der Waals surface area contributed by atoms with Crippen LogP contribution in [0.2, 0.25) is 0 Å². The highest BCUT2D eigenvalue weighted by Crippen LogP contribution is 2.40. The summed E-state index contributed by atoms with van der Waals surface area (Å²) in [5.41, 5.74) is 6.94. The minimum Gasteiger partial charge on any atom is -0.478 e. The quantitative estimate of drug-likeness (QED) is 0.126. The average Bonchev–Trinajstić information content (AvgIpc) is 3.91.